The Morgan fingerprint density at radius 2 is 2.00 bits per heavy atom. The largest absolute Gasteiger partial charge is 0.387 e. The lowest BCUT2D eigenvalue weighted by molar-refractivity contribution is 0.0920. The molecule has 0 radical (unpaired) electrons. The standard InChI is InChI=1S/C20H18N2O2S/c1-22-9-8-13-10-14(6-7-16(13)22)17(23)12-21-20(24)19-11-15-4-2-3-5-18(15)25-19/h2-11,17,23H,12H2,1H3,(H,21,24). The molecule has 0 aliphatic rings. The number of amides is 1. The van der Waals surface area contributed by atoms with E-state index >= 15 is 0 Å². The predicted octanol–water partition coefficient (Wildman–Crippen LogP) is 3.86. The fourth-order valence-electron chi connectivity index (χ4n) is 3.00. The monoisotopic (exact) mass is 350 g/mol. The Morgan fingerprint density at radius 1 is 1.16 bits per heavy atom. The molecule has 0 bridgehead atoms. The maximum Gasteiger partial charge on any atom is 0.261 e. The fourth-order valence-corrected chi connectivity index (χ4v) is 3.97. The van der Waals surface area contributed by atoms with Crippen LogP contribution in [0.1, 0.15) is 21.3 Å². The molecule has 4 nitrogen and oxygen atoms in total. The molecule has 4 aromatic rings. The van der Waals surface area contributed by atoms with Gasteiger partial charge in [0.1, 0.15) is 0 Å². The normalized spacial score (nSPS) is 12.6. The molecule has 0 aliphatic heterocycles. The maximum atomic E-state index is 12.4. The second-order valence-corrected chi connectivity index (χ2v) is 7.20. The molecule has 0 fully saturated rings. The average molecular weight is 350 g/mol. The Hall–Kier alpha value is -2.63. The molecule has 25 heavy (non-hydrogen) atoms. The summed E-state index contributed by atoms with van der Waals surface area (Å²) in [6.07, 6.45) is 1.26. The highest BCUT2D eigenvalue weighted by molar-refractivity contribution is 7.20. The molecular formula is C20H18N2O2S. The van der Waals surface area contributed by atoms with Gasteiger partial charge in [-0.15, -0.1) is 11.3 Å². The SMILES string of the molecule is Cn1ccc2cc(C(O)CNC(=O)c3cc4ccccc4s3)ccc21. The van der Waals surface area contributed by atoms with E-state index in [1.807, 2.05) is 72.4 Å². The predicted molar refractivity (Wildman–Crippen MR) is 102 cm³/mol. The summed E-state index contributed by atoms with van der Waals surface area (Å²) in [6, 6.07) is 17.7. The molecule has 0 saturated heterocycles. The van der Waals surface area contributed by atoms with E-state index < -0.39 is 6.10 Å². The smallest absolute Gasteiger partial charge is 0.261 e. The van der Waals surface area contributed by atoms with Crippen molar-refractivity contribution in [1.29, 1.82) is 0 Å². The minimum absolute atomic E-state index is 0.152. The van der Waals surface area contributed by atoms with Crippen LogP contribution in [0.25, 0.3) is 21.0 Å². The van der Waals surface area contributed by atoms with E-state index in [0.29, 0.717) is 4.88 Å². The average Bonchev–Trinajstić information content (AvgIpc) is 3.23. The lowest BCUT2D eigenvalue weighted by Gasteiger charge is -2.12. The van der Waals surface area contributed by atoms with Crippen molar-refractivity contribution in [2.45, 2.75) is 6.10 Å². The quantitative estimate of drug-likeness (QED) is 0.587. The number of hydrogen-bond acceptors (Lipinski definition) is 3. The second kappa shape index (κ2) is 6.35. The number of thiophene rings is 1. The number of fused-ring (bicyclic) bond motifs is 2. The number of aromatic nitrogens is 1. The van der Waals surface area contributed by atoms with Crippen LogP contribution in [0.3, 0.4) is 0 Å². The van der Waals surface area contributed by atoms with E-state index in [0.717, 1.165) is 26.6 Å². The van der Waals surface area contributed by atoms with Gasteiger partial charge >= 0.3 is 0 Å². The number of carbonyl (C=O) groups excluding carboxylic acids is 1. The number of aryl methyl sites for hydroxylation is 1. The number of aliphatic hydroxyl groups excluding tert-OH is 1. The summed E-state index contributed by atoms with van der Waals surface area (Å²) < 4.78 is 3.12. The van der Waals surface area contributed by atoms with Crippen LogP contribution in [0, 0.1) is 0 Å². The van der Waals surface area contributed by atoms with Crippen molar-refractivity contribution in [3.63, 3.8) is 0 Å². The zero-order valence-corrected chi connectivity index (χ0v) is 14.6. The molecule has 2 aromatic heterocycles. The number of rotatable bonds is 4. The van der Waals surface area contributed by atoms with E-state index in [1.165, 1.54) is 11.3 Å². The van der Waals surface area contributed by atoms with Crippen molar-refractivity contribution in [3.05, 3.63) is 71.2 Å². The first-order valence-corrected chi connectivity index (χ1v) is 8.93. The summed E-state index contributed by atoms with van der Waals surface area (Å²) in [5.41, 5.74) is 1.92. The van der Waals surface area contributed by atoms with Gasteiger partial charge in [-0.3, -0.25) is 4.79 Å². The van der Waals surface area contributed by atoms with Gasteiger partial charge in [0.25, 0.3) is 5.91 Å². The zero-order valence-electron chi connectivity index (χ0n) is 13.8. The first-order valence-electron chi connectivity index (χ1n) is 8.11. The van der Waals surface area contributed by atoms with Gasteiger partial charge in [0, 0.05) is 30.0 Å². The molecule has 1 amide bonds. The van der Waals surface area contributed by atoms with Crippen molar-refractivity contribution in [3.8, 4) is 0 Å². The van der Waals surface area contributed by atoms with Gasteiger partial charge in [-0.05, 0) is 46.7 Å². The van der Waals surface area contributed by atoms with E-state index in [4.69, 9.17) is 0 Å². The Balaban J connectivity index is 1.46. The number of carbonyl (C=O) groups is 1. The van der Waals surface area contributed by atoms with E-state index in [2.05, 4.69) is 5.32 Å². The third kappa shape index (κ3) is 3.04. The number of hydrogen-bond donors (Lipinski definition) is 2. The van der Waals surface area contributed by atoms with Crippen molar-refractivity contribution in [2.24, 2.45) is 7.05 Å². The van der Waals surface area contributed by atoms with E-state index in [9.17, 15) is 9.90 Å². The summed E-state index contributed by atoms with van der Waals surface area (Å²) in [5, 5.41) is 15.4. The van der Waals surface area contributed by atoms with E-state index in [1.54, 1.807) is 0 Å². The van der Waals surface area contributed by atoms with Crippen LogP contribution in [0.5, 0.6) is 0 Å². The molecule has 2 aromatic carbocycles. The zero-order chi connectivity index (χ0) is 17.4. The lowest BCUT2D eigenvalue weighted by atomic mass is 10.1. The number of nitrogens with one attached hydrogen (secondary N) is 1. The molecular weight excluding hydrogens is 332 g/mol. The van der Waals surface area contributed by atoms with Gasteiger partial charge < -0.3 is 15.0 Å². The minimum atomic E-state index is -0.733. The van der Waals surface area contributed by atoms with Crippen LogP contribution >= 0.6 is 11.3 Å². The maximum absolute atomic E-state index is 12.4. The summed E-state index contributed by atoms with van der Waals surface area (Å²) >= 11 is 1.46. The van der Waals surface area contributed by atoms with Crippen molar-refractivity contribution in [1.82, 2.24) is 9.88 Å². The van der Waals surface area contributed by atoms with Crippen LogP contribution in [-0.2, 0) is 7.05 Å². The molecule has 0 saturated carbocycles. The number of nitrogens with zero attached hydrogens (tertiary/aromatic N) is 1. The van der Waals surface area contributed by atoms with Gasteiger partial charge in [0.05, 0.1) is 11.0 Å². The van der Waals surface area contributed by atoms with Gasteiger partial charge in [-0.1, -0.05) is 24.3 Å². The second-order valence-electron chi connectivity index (χ2n) is 6.12. The van der Waals surface area contributed by atoms with Crippen LogP contribution in [-0.4, -0.2) is 22.1 Å². The molecule has 0 aliphatic carbocycles. The van der Waals surface area contributed by atoms with Gasteiger partial charge in [0.2, 0.25) is 0 Å². The van der Waals surface area contributed by atoms with E-state index in [-0.39, 0.29) is 12.5 Å². The Morgan fingerprint density at radius 3 is 2.84 bits per heavy atom. The van der Waals surface area contributed by atoms with Crippen LogP contribution in [0.2, 0.25) is 0 Å². The summed E-state index contributed by atoms with van der Waals surface area (Å²) in [5.74, 6) is -0.152. The van der Waals surface area contributed by atoms with Gasteiger partial charge in [0.15, 0.2) is 0 Å². The molecule has 1 atom stereocenters. The minimum Gasteiger partial charge on any atom is -0.387 e. The highest BCUT2D eigenvalue weighted by atomic mass is 32.1. The van der Waals surface area contributed by atoms with Crippen LogP contribution < -0.4 is 5.32 Å². The van der Waals surface area contributed by atoms with Crippen molar-refractivity contribution in [2.75, 3.05) is 6.54 Å². The lowest BCUT2D eigenvalue weighted by Crippen LogP contribution is -2.27. The first-order chi connectivity index (χ1) is 12.1. The number of aliphatic hydroxyl groups is 1. The van der Waals surface area contributed by atoms with Gasteiger partial charge in [-0.2, -0.15) is 0 Å². The Kier molecular flexibility index (Phi) is 4.03. The highest BCUT2D eigenvalue weighted by Gasteiger charge is 2.14. The fraction of sp³-hybridized carbons (Fsp3) is 0.150. The molecule has 4 rings (SSSR count). The summed E-state index contributed by atoms with van der Waals surface area (Å²) in [7, 11) is 1.99. The summed E-state index contributed by atoms with van der Waals surface area (Å²) in [4.78, 5) is 13.0. The molecule has 2 heterocycles. The molecule has 2 N–H and O–H groups in total. The Bertz CT molecular complexity index is 1030. The molecule has 1 unspecified atom stereocenters. The molecule has 0 spiro atoms. The number of benzene rings is 2. The third-order valence-electron chi connectivity index (χ3n) is 4.40. The highest BCUT2D eigenvalue weighted by Crippen LogP contribution is 2.25. The first kappa shape index (κ1) is 15.9. The van der Waals surface area contributed by atoms with Crippen molar-refractivity contribution < 1.29 is 9.90 Å². The third-order valence-corrected chi connectivity index (χ3v) is 5.51. The summed E-state index contributed by atoms with van der Waals surface area (Å²) in [6.45, 7) is 0.186. The Labute approximate surface area is 149 Å². The van der Waals surface area contributed by atoms with Gasteiger partial charge in [-0.25, -0.2) is 0 Å². The van der Waals surface area contributed by atoms with Crippen LogP contribution in [0.15, 0.2) is 60.8 Å². The van der Waals surface area contributed by atoms with Crippen LogP contribution in [0.4, 0.5) is 0 Å². The molecule has 126 valence electrons. The van der Waals surface area contributed by atoms with Crippen molar-refractivity contribution >= 4 is 38.2 Å². The molecule has 5 heteroatoms. The topological polar surface area (TPSA) is 54.3 Å².